The highest BCUT2D eigenvalue weighted by Gasteiger charge is 2.26. The summed E-state index contributed by atoms with van der Waals surface area (Å²) in [5.41, 5.74) is 4.38. The molecule has 2 aromatic heterocycles. The second kappa shape index (κ2) is 8.56. The van der Waals surface area contributed by atoms with Crippen molar-refractivity contribution in [2.75, 3.05) is 18.4 Å². The molecule has 0 bridgehead atoms. The van der Waals surface area contributed by atoms with Gasteiger partial charge in [-0.25, -0.2) is 4.98 Å². The largest absolute Gasteiger partial charge is 0.381 e. The molecule has 0 saturated carbocycles. The van der Waals surface area contributed by atoms with Crippen molar-refractivity contribution in [1.82, 2.24) is 14.9 Å². The first-order chi connectivity index (χ1) is 15.3. The van der Waals surface area contributed by atoms with Crippen molar-refractivity contribution in [2.24, 2.45) is 0 Å². The number of aromatic nitrogens is 2. The maximum Gasteiger partial charge on any atom is 0.254 e. The van der Waals surface area contributed by atoms with Crippen molar-refractivity contribution in [2.45, 2.75) is 18.9 Å². The fourth-order valence-electron chi connectivity index (χ4n) is 4.24. The van der Waals surface area contributed by atoms with Gasteiger partial charge in [0.1, 0.15) is 0 Å². The summed E-state index contributed by atoms with van der Waals surface area (Å²) in [7, 11) is 0. The Morgan fingerprint density at radius 1 is 0.968 bits per heavy atom. The molecule has 0 aliphatic carbocycles. The monoisotopic (exact) mass is 408 g/mol. The summed E-state index contributed by atoms with van der Waals surface area (Å²) < 4.78 is 0. The smallest absolute Gasteiger partial charge is 0.254 e. The Kier molecular flexibility index (Phi) is 5.31. The molecule has 0 unspecified atom stereocenters. The first kappa shape index (κ1) is 19.2. The van der Waals surface area contributed by atoms with Crippen LogP contribution in [-0.4, -0.2) is 39.9 Å². The van der Waals surface area contributed by atoms with Crippen molar-refractivity contribution < 1.29 is 4.79 Å². The van der Waals surface area contributed by atoms with Gasteiger partial charge in [-0.15, -0.1) is 0 Å². The van der Waals surface area contributed by atoms with E-state index in [2.05, 4.69) is 22.4 Å². The number of nitrogens with zero attached hydrogens (tertiary/aromatic N) is 3. The Balaban J connectivity index is 1.46. The fourth-order valence-corrected chi connectivity index (χ4v) is 4.24. The predicted molar refractivity (Wildman–Crippen MR) is 124 cm³/mol. The number of carbonyl (C=O) groups excluding carboxylic acids is 1. The van der Waals surface area contributed by atoms with Crippen LogP contribution < -0.4 is 5.32 Å². The number of fused-ring (bicyclic) bond motifs is 1. The van der Waals surface area contributed by atoms with Gasteiger partial charge in [-0.1, -0.05) is 36.4 Å². The summed E-state index contributed by atoms with van der Waals surface area (Å²) in [6.07, 6.45) is 5.53. The van der Waals surface area contributed by atoms with Gasteiger partial charge in [0.2, 0.25) is 0 Å². The molecule has 4 aromatic rings. The fraction of sp³-hybridized carbons (Fsp3) is 0.192. The van der Waals surface area contributed by atoms with E-state index in [-0.39, 0.29) is 11.9 Å². The molecule has 1 saturated heterocycles. The van der Waals surface area contributed by atoms with Crippen LogP contribution in [0.25, 0.3) is 22.2 Å². The predicted octanol–water partition coefficient (Wildman–Crippen LogP) is 5.01. The van der Waals surface area contributed by atoms with Crippen LogP contribution in [0.5, 0.6) is 0 Å². The number of hydrogen-bond acceptors (Lipinski definition) is 4. The van der Waals surface area contributed by atoms with E-state index in [4.69, 9.17) is 4.98 Å². The molecule has 5 rings (SSSR count). The van der Waals surface area contributed by atoms with Gasteiger partial charge in [0.25, 0.3) is 5.91 Å². The van der Waals surface area contributed by atoms with Gasteiger partial charge < -0.3 is 10.2 Å². The molecule has 2 aromatic carbocycles. The van der Waals surface area contributed by atoms with E-state index in [0.29, 0.717) is 12.1 Å². The van der Waals surface area contributed by atoms with Crippen LogP contribution in [0, 0.1) is 0 Å². The summed E-state index contributed by atoms with van der Waals surface area (Å²) in [5.74, 6) is 0.0634. The lowest BCUT2D eigenvalue weighted by atomic mass is 10.0. The molecule has 5 heteroatoms. The lowest BCUT2D eigenvalue weighted by Gasteiger charge is -2.34. The topological polar surface area (TPSA) is 58.1 Å². The summed E-state index contributed by atoms with van der Waals surface area (Å²) in [4.78, 5) is 24.5. The second-order valence-electron chi connectivity index (χ2n) is 7.91. The van der Waals surface area contributed by atoms with Gasteiger partial charge in [0.15, 0.2) is 0 Å². The van der Waals surface area contributed by atoms with Crippen LogP contribution in [0.1, 0.15) is 23.2 Å². The number of hydrogen-bond donors (Lipinski definition) is 1. The van der Waals surface area contributed by atoms with Gasteiger partial charge in [0, 0.05) is 48.2 Å². The zero-order chi connectivity index (χ0) is 21.0. The first-order valence-electron chi connectivity index (χ1n) is 10.7. The van der Waals surface area contributed by atoms with E-state index in [0.717, 1.165) is 47.2 Å². The number of para-hydroxylation sites is 2. The van der Waals surface area contributed by atoms with Crippen LogP contribution >= 0.6 is 0 Å². The summed E-state index contributed by atoms with van der Waals surface area (Å²) in [6, 6.07) is 24.1. The molecule has 1 N–H and O–H groups in total. The third kappa shape index (κ3) is 4.12. The Hall–Kier alpha value is -3.73. The zero-order valence-corrected chi connectivity index (χ0v) is 17.2. The highest BCUT2D eigenvalue weighted by molar-refractivity contribution is 6.07. The average molecular weight is 409 g/mol. The lowest BCUT2D eigenvalue weighted by Crippen LogP contribution is -2.45. The maximum atomic E-state index is 13.7. The number of amides is 1. The van der Waals surface area contributed by atoms with Crippen LogP contribution in [0.15, 0.2) is 85.2 Å². The summed E-state index contributed by atoms with van der Waals surface area (Å²) in [5, 5.41) is 4.47. The van der Waals surface area contributed by atoms with Gasteiger partial charge in [-0.2, -0.15) is 0 Å². The van der Waals surface area contributed by atoms with E-state index in [9.17, 15) is 4.79 Å². The van der Waals surface area contributed by atoms with Crippen molar-refractivity contribution >= 4 is 22.5 Å². The normalized spacial score (nSPS) is 16.3. The highest BCUT2D eigenvalue weighted by atomic mass is 16.2. The van der Waals surface area contributed by atoms with Crippen LogP contribution in [0.3, 0.4) is 0 Å². The van der Waals surface area contributed by atoms with Crippen molar-refractivity contribution in [1.29, 1.82) is 0 Å². The molecule has 1 aliphatic rings. The first-order valence-corrected chi connectivity index (χ1v) is 10.7. The molecule has 1 atom stereocenters. The van der Waals surface area contributed by atoms with Crippen LogP contribution in [-0.2, 0) is 0 Å². The number of carbonyl (C=O) groups is 1. The van der Waals surface area contributed by atoms with Crippen molar-refractivity contribution in [3.63, 3.8) is 0 Å². The Morgan fingerprint density at radius 3 is 2.58 bits per heavy atom. The van der Waals surface area contributed by atoms with E-state index in [1.165, 1.54) is 0 Å². The van der Waals surface area contributed by atoms with E-state index in [1.54, 1.807) is 12.4 Å². The Labute approximate surface area is 181 Å². The molecule has 1 aliphatic heterocycles. The standard InChI is InChI=1S/C26H24N4O/c31-26(30-16-6-9-21(18-30)28-20-7-2-1-3-8-20)23-17-25(19-12-14-27-15-13-19)29-24-11-5-4-10-22(23)24/h1-5,7-8,10-15,17,21,28H,6,9,16,18H2/t21-/m1/s1. The van der Waals surface area contributed by atoms with Gasteiger partial charge in [-0.05, 0) is 49.2 Å². The van der Waals surface area contributed by atoms with Gasteiger partial charge in [-0.3, -0.25) is 9.78 Å². The number of nitrogens with one attached hydrogen (secondary N) is 1. The molecule has 1 fully saturated rings. The SMILES string of the molecule is O=C(c1cc(-c2ccncc2)nc2ccccc12)N1CCC[C@@H](Nc2ccccc2)C1. The molecule has 31 heavy (non-hydrogen) atoms. The quantitative estimate of drug-likeness (QED) is 0.515. The summed E-state index contributed by atoms with van der Waals surface area (Å²) >= 11 is 0. The van der Waals surface area contributed by atoms with E-state index < -0.39 is 0 Å². The van der Waals surface area contributed by atoms with Gasteiger partial charge in [0.05, 0.1) is 16.8 Å². The number of anilines is 1. The number of benzene rings is 2. The number of pyridine rings is 2. The van der Waals surface area contributed by atoms with E-state index >= 15 is 0 Å². The molecule has 5 nitrogen and oxygen atoms in total. The Morgan fingerprint density at radius 2 is 1.74 bits per heavy atom. The minimum atomic E-state index is 0.0634. The number of piperidine rings is 1. The van der Waals surface area contributed by atoms with Crippen LogP contribution in [0.4, 0.5) is 5.69 Å². The number of likely N-dealkylation sites (tertiary alicyclic amines) is 1. The highest BCUT2D eigenvalue weighted by Crippen LogP contribution is 2.27. The number of rotatable bonds is 4. The molecule has 3 heterocycles. The molecule has 154 valence electrons. The molecule has 0 radical (unpaired) electrons. The Bertz CT molecular complexity index is 1190. The third-order valence-electron chi connectivity index (χ3n) is 5.78. The zero-order valence-electron chi connectivity index (χ0n) is 17.2. The summed E-state index contributed by atoms with van der Waals surface area (Å²) in [6.45, 7) is 1.46. The minimum Gasteiger partial charge on any atom is -0.381 e. The van der Waals surface area contributed by atoms with Crippen LogP contribution in [0.2, 0.25) is 0 Å². The van der Waals surface area contributed by atoms with E-state index in [1.807, 2.05) is 65.6 Å². The molecule has 0 spiro atoms. The molecule has 1 amide bonds. The average Bonchev–Trinajstić information content (AvgIpc) is 2.84. The third-order valence-corrected chi connectivity index (χ3v) is 5.78. The second-order valence-corrected chi connectivity index (χ2v) is 7.91. The maximum absolute atomic E-state index is 13.7. The van der Waals surface area contributed by atoms with Crippen molar-refractivity contribution in [3.05, 3.63) is 90.8 Å². The van der Waals surface area contributed by atoms with Gasteiger partial charge >= 0.3 is 0 Å². The molecular weight excluding hydrogens is 384 g/mol. The molecular formula is C26H24N4O. The van der Waals surface area contributed by atoms with Crippen molar-refractivity contribution in [3.8, 4) is 11.3 Å². The minimum absolute atomic E-state index is 0.0634. The lowest BCUT2D eigenvalue weighted by molar-refractivity contribution is 0.0717.